The molecule has 1 aromatic rings. The van der Waals surface area contributed by atoms with E-state index < -0.39 is 4.92 Å². The van der Waals surface area contributed by atoms with Crippen molar-refractivity contribution in [1.82, 2.24) is 10.2 Å². The highest BCUT2D eigenvalue weighted by atomic mass is 35.5. The van der Waals surface area contributed by atoms with Crippen LogP contribution >= 0.6 is 23.7 Å². The lowest BCUT2D eigenvalue weighted by atomic mass is 10.3. The molecule has 18 heavy (non-hydrogen) atoms. The van der Waals surface area contributed by atoms with Crippen molar-refractivity contribution in [3.63, 3.8) is 0 Å². The molecule has 0 spiro atoms. The molecule has 0 aliphatic rings. The lowest BCUT2D eigenvalue weighted by Crippen LogP contribution is -2.30. The molecule has 0 unspecified atom stereocenters. The van der Waals surface area contributed by atoms with Crippen LogP contribution in [0.25, 0.3) is 0 Å². The normalized spacial score (nSPS) is 10.0. The van der Waals surface area contributed by atoms with Crippen molar-refractivity contribution >= 4 is 35.3 Å². The Hall–Kier alpha value is -1.18. The van der Waals surface area contributed by atoms with Gasteiger partial charge in [0.2, 0.25) is 0 Å². The summed E-state index contributed by atoms with van der Waals surface area (Å²) in [4.78, 5) is 24.7. The van der Waals surface area contributed by atoms with Crippen LogP contribution in [0.4, 0.5) is 5.69 Å². The Morgan fingerprint density at radius 3 is 2.61 bits per heavy atom. The van der Waals surface area contributed by atoms with E-state index in [9.17, 15) is 14.9 Å². The quantitative estimate of drug-likeness (QED) is 0.662. The summed E-state index contributed by atoms with van der Waals surface area (Å²) in [5, 5.41) is 13.4. The zero-order valence-electron chi connectivity index (χ0n) is 10.4. The maximum Gasteiger partial charge on any atom is 0.283 e. The molecule has 0 saturated carbocycles. The highest BCUT2D eigenvalue weighted by Gasteiger charge is 2.19. The van der Waals surface area contributed by atoms with E-state index in [0.717, 1.165) is 17.9 Å². The van der Waals surface area contributed by atoms with Crippen molar-refractivity contribution in [2.75, 3.05) is 27.2 Å². The van der Waals surface area contributed by atoms with Crippen molar-refractivity contribution in [3.8, 4) is 0 Å². The third-order valence-corrected chi connectivity index (χ3v) is 3.20. The molecule has 0 radical (unpaired) electrons. The fourth-order valence-electron chi connectivity index (χ4n) is 1.25. The van der Waals surface area contributed by atoms with E-state index in [1.807, 2.05) is 19.0 Å². The van der Waals surface area contributed by atoms with Crippen LogP contribution in [0.5, 0.6) is 0 Å². The number of carbonyl (C=O) groups is 1. The van der Waals surface area contributed by atoms with E-state index in [2.05, 4.69) is 5.32 Å². The molecule has 0 atom stereocenters. The summed E-state index contributed by atoms with van der Waals surface area (Å²) in [7, 11) is 3.82. The Balaban J connectivity index is 0.00000289. The minimum atomic E-state index is -0.470. The first-order valence-electron chi connectivity index (χ1n) is 5.09. The molecule has 1 amide bonds. The molecule has 0 aromatic carbocycles. The Kier molecular flexibility index (Phi) is 6.82. The Morgan fingerprint density at radius 2 is 2.17 bits per heavy atom. The predicted molar refractivity (Wildman–Crippen MR) is 73.8 cm³/mol. The number of aryl methyl sites for hydroxylation is 1. The molecule has 0 saturated heterocycles. The summed E-state index contributed by atoms with van der Waals surface area (Å²) in [6.45, 7) is 2.90. The number of hydrogen-bond acceptors (Lipinski definition) is 5. The van der Waals surface area contributed by atoms with Gasteiger partial charge in [0.25, 0.3) is 11.6 Å². The van der Waals surface area contributed by atoms with Crippen LogP contribution in [0.1, 0.15) is 14.5 Å². The molecule has 102 valence electrons. The summed E-state index contributed by atoms with van der Waals surface area (Å²) < 4.78 is 0. The minimum Gasteiger partial charge on any atom is -0.350 e. The molecule has 0 aliphatic carbocycles. The lowest BCUT2D eigenvalue weighted by Gasteiger charge is -2.09. The molecule has 0 aliphatic heterocycles. The maximum atomic E-state index is 11.7. The third-order valence-electron chi connectivity index (χ3n) is 2.16. The average molecular weight is 294 g/mol. The minimum absolute atomic E-state index is 0. The van der Waals surface area contributed by atoms with E-state index in [4.69, 9.17) is 0 Å². The monoisotopic (exact) mass is 293 g/mol. The van der Waals surface area contributed by atoms with E-state index in [1.165, 1.54) is 6.07 Å². The molecule has 1 heterocycles. The SMILES string of the molecule is Cc1sc(C(=O)NCCN(C)C)cc1[N+](=O)[O-].Cl. The molecule has 0 fully saturated rings. The molecule has 0 bridgehead atoms. The number of likely N-dealkylation sites (N-methyl/N-ethyl adjacent to an activating group) is 1. The van der Waals surface area contributed by atoms with Crippen LogP contribution in [0, 0.1) is 17.0 Å². The molecule has 8 heteroatoms. The van der Waals surface area contributed by atoms with Gasteiger partial charge in [-0.1, -0.05) is 0 Å². The molecular weight excluding hydrogens is 278 g/mol. The fraction of sp³-hybridized carbons (Fsp3) is 0.500. The van der Waals surface area contributed by atoms with Gasteiger partial charge in [0.1, 0.15) is 0 Å². The zero-order chi connectivity index (χ0) is 13.0. The number of nitrogens with one attached hydrogen (secondary N) is 1. The second kappa shape index (κ2) is 7.30. The number of carbonyl (C=O) groups excluding carboxylic acids is 1. The number of nitrogens with zero attached hydrogens (tertiary/aromatic N) is 2. The van der Waals surface area contributed by atoms with E-state index in [1.54, 1.807) is 6.92 Å². The number of nitro groups is 1. The molecule has 1 rings (SSSR count). The first-order valence-corrected chi connectivity index (χ1v) is 5.91. The van der Waals surface area contributed by atoms with E-state index >= 15 is 0 Å². The van der Waals surface area contributed by atoms with Crippen molar-refractivity contribution in [3.05, 3.63) is 25.9 Å². The first-order chi connectivity index (χ1) is 7.91. The summed E-state index contributed by atoms with van der Waals surface area (Å²) in [6.07, 6.45) is 0. The van der Waals surface area contributed by atoms with E-state index in [-0.39, 0.29) is 24.0 Å². The third kappa shape index (κ3) is 4.59. The van der Waals surface area contributed by atoms with Crippen LogP contribution in [0.15, 0.2) is 6.07 Å². The van der Waals surface area contributed by atoms with Crippen LogP contribution in [-0.2, 0) is 0 Å². The summed E-state index contributed by atoms with van der Waals surface area (Å²) in [5.74, 6) is -0.256. The van der Waals surface area contributed by atoms with E-state index in [0.29, 0.717) is 16.3 Å². The van der Waals surface area contributed by atoms with Crippen molar-refractivity contribution in [2.24, 2.45) is 0 Å². The topological polar surface area (TPSA) is 75.5 Å². The summed E-state index contributed by atoms with van der Waals surface area (Å²) >= 11 is 1.14. The van der Waals surface area contributed by atoms with Gasteiger partial charge in [0.05, 0.1) is 14.7 Å². The number of amides is 1. The van der Waals surface area contributed by atoms with Gasteiger partial charge in [0, 0.05) is 19.2 Å². The van der Waals surface area contributed by atoms with Crippen LogP contribution in [0.2, 0.25) is 0 Å². The van der Waals surface area contributed by atoms with Gasteiger partial charge in [-0.15, -0.1) is 23.7 Å². The highest BCUT2D eigenvalue weighted by Crippen LogP contribution is 2.27. The Bertz CT molecular complexity index is 434. The smallest absolute Gasteiger partial charge is 0.283 e. The number of hydrogen-bond donors (Lipinski definition) is 1. The standard InChI is InChI=1S/C10H15N3O3S.ClH/c1-7-8(13(15)16)6-9(17-7)10(14)11-4-5-12(2)3;/h6H,4-5H2,1-3H3,(H,11,14);1H. The van der Waals surface area contributed by atoms with Gasteiger partial charge in [-0.2, -0.15) is 0 Å². The van der Waals surface area contributed by atoms with Crippen molar-refractivity contribution in [2.45, 2.75) is 6.92 Å². The molecule has 1 N–H and O–H groups in total. The van der Waals surface area contributed by atoms with Gasteiger partial charge in [-0.05, 0) is 21.0 Å². The van der Waals surface area contributed by atoms with Crippen molar-refractivity contribution in [1.29, 1.82) is 0 Å². The number of thiophene rings is 1. The van der Waals surface area contributed by atoms with Gasteiger partial charge in [0.15, 0.2) is 0 Å². The molecular formula is C10H16ClN3O3S. The number of rotatable bonds is 5. The fourth-order valence-corrected chi connectivity index (χ4v) is 2.15. The lowest BCUT2D eigenvalue weighted by molar-refractivity contribution is -0.385. The maximum absolute atomic E-state index is 11.7. The van der Waals surface area contributed by atoms with Gasteiger partial charge in [-0.25, -0.2) is 0 Å². The summed E-state index contributed by atoms with van der Waals surface area (Å²) in [5.41, 5.74) is 0.00718. The van der Waals surface area contributed by atoms with Gasteiger partial charge < -0.3 is 10.2 Å². The average Bonchev–Trinajstić information content (AvgIpc) is 2.59. The molecule has 1 aromatic heterocycles. The number of halogens is 1. The molecule has 6 nitrogen and oxygen atoms in total. The largest absolute Gasteiger partial charge is 0.350 e. The van der Waals surface area contributed by atoms with Gasteiger partial charge in [-0.3, -0.25) is 14.9 Å². The highest BCUT2D eigenvalue weighted by molar-refractivity contribution is 7.14. The second-order valence-corrected chi connectivity index (χ2v) is 5.12. The van der Waals surface area contributed by atoms with Gasteiger partial charge >= 0.3 is 0 Å². The van der Waals surface area contributed by atoms with Crippen LogP contribution in [0.3, 0.4) is 0 Å². The second-order valence-electron chi connectivity index (χ2n) is 3.87. The van der Waals surface area contributed by atoms with Crippen LogP contribution < -0.4 is 5.32 Å². The summed E-state index contributed by atoms with van der Waals surface area (Å²) in [6, 6.07) is 1.32. The van der Waals surface area contributed by atoms with Crippen molar-refractivity contribution < 1.29 is 9.72 Å². The Morgan fingerprint density at radius 1 is 1.56 bits per heavy atom. The Labute approximate surface area is 116 Å². The van der Waals surface area contributed by atoms with Crippen LogP contribution in [-0.4, -0.2) is 42.9 Å². The predicted octanol–water partition coefficient (Wildman–Crippen LogP) is 1.68. The zero-order valence-corrected chi connectivity index (χ0v) is 12.1. The first kappa shape index (κ1) is 16.8.